The van der Waals surface area contributed by atoms with Gasteiger partial charge >= 0.3 is 0 Å². The molecule has 0 aliphatic rings. The highest BCUT2D eigenvalue weighted by Gasteiger charge is 2.17. The highest BCUT2D eigenvalue weighted by atomic mass is 16.2. The molecule has 4 heterocycles. The first-order valence-electron chi connectivity index (χ1n) is 8.48. The molecule has 0 aliphatic heterocycles. The number of carbonyl (C=O) groups excluding carboxylic acids is 1. The lowest BCUT2D eigenvalue weighted by Crippen LogP contribution is -2.29. The standard InChI is InChI=1S/C19H15BN6O2/c1-11(2)14-8-17-25(10-16(27)23-15-6-5-12(20)9-22-15)19(28)13-4-3-7-21-18(13)26(17)24-14/h3-9H,1,10H2,2H3,(H,22,23,27). The molecule has 0 fully saturated rings. The van der Waals surface area contributed by atoms with Crippen molar-refractivity contribution in [3.05, 3.63) is 65.4 Å². The molecule has 0 bridgehead atoms. The van der Waals surface area contributed by atoms with Gasteiger partial charge in [0.1, 0.15) is 25.9 Å². The van der Waals surface area contributed by atoms with Crippen LogP contribution in [0.1, 0.15) is 12.6 Å². The predicted octanol–water partition coefficient (Wildman–Crippen LogP) is 0.905. The number of anilines is 1. The number of nitrogens with one attached hydrogen (secondary N) is 1. The number of rotatable bonds is 4. The van der Waals surface area contributed by atoms with E-state index in [4.69, 9.17) is 7.85 Å². The molecule has 0 saturated heterocycles. The molecule has 0 aromatic carbocycles. The monoisotopic (exact) mass is 370 g/mol. The fourth-order valence-corrected chi connectivity index (χ4v) is 2.87. The third kappa shape index (κ3) is 3.07. The summed E-state index contributed by atoms with van der Waals surface area (Å²) < 4.78 is 2.91. The smallest absolute Gasteiger partial charge is 0.263 e. The summed E-state index contributed by atoms with van der Waals surface area (Å²) in [6.07, 6.45) is 3.03. The van der Waals surface area contributed by atoms with Gasteiger partial charge in [0.05, 0.1) is 11.1 Å². The highest BCUT2D eigenvalue weighted by molar-refractivity contribution is 6.32. The van der Waals surface area contributed by atoms with Crippen LogP contribution < -0.4 is 16.3 Å². The predicted molar refractivity (Wildman–Crippen MR) is 108 cm³/mol. The van der Waals surface area contributed by atoms with Gasteiger partial charge in [-0.25, -0.2) is 9.97 Å². The Labute approximate surface area is 161 Å². The Morgan fingerprint density at radius 2 is 2.11 bits per heavy atom. The molecular weight excluding hydrogens is 355 g/mol. The Bertz CT molecular complexity index is 1290. The third-order valence-corrected chi connectivity index (χ3v) is 4.22. The Morgan fingerprint density at radius 1 is 1.29 bits per heavy atom. The summed E-state index contributed by atoms with van der Waals surface area (Å²) >= 11 is 0. The van der Waals surface area contributed by atoms with Crippen molar-refractivity contribution >= 4 is 47.3 Å². The summed E-state index contributed by atoms with van der Waals surface area (Å²) in [4.78, 5) is 33.8. The summed E-state index contributed by atoms with van der Waals surface area (Å²) in [6.45, 7) is 5.51. The maximum absolute atomic E-state index is 13.0. The summed E-state index contributed by atoms with van der Waals surface area (Å²) in [5.41, 5.74) is 2.39. The molecule has 4 aromatic heterocycles. The number of allylic oxidation sites excluding steroid dienone is 1. The van der Waals surface area contributed by atoms with E-state index in [0.717, 1.165) is 5.57 Å². The number of hydrogen-bond acceptors (Lipinski definition) is 5. The minimum Gasteiger partial charge on any atom is -0.309 e. The van der Waals surface area contributed by atoms with E-state index in [-0.39, 0.29) is 12.1 Å². The van der Waals surface area contributed by atoms with Crippen molar-refractivity contribution in [2.24, 2.45) is 0 Å². The van der Waals surface area contributed by atoms with Crippen LogP contribution in [0.3, 0.4) is 0 Å². The van der Waals surface area contributed by atoms with E-state index in [0.29, 0.717) is 33.7 Å². The number of hydrogen-bond donors (Lipinski definition) is 1. The first-order valence-corrected chi connectivity index (χ1v) is 8.48. The lowest BCUT2D eigenvalue weighted by Gasteiger charge is -2.10. The van der Waals surface area contributed by atoms with Gasteiger partial charge in [-0.3, -0.25) is 14.2 Å². The van der Waals surface area contributed by atoms with Gasteiger partial charge in [0.25, 0.3) is 5.56 Å². The van der Waals surface area contributed by atoms with Crippen LogP contribution >= 0.6 is 0 Å². The third-order valence-electron chi connectivity index (χ3n) is 4.22. The summed E-state index contributed by atoms with van der Waals surface area (Å²) in [6, 6.07) is 8.26. The van der Waals surface area contributed by atoms with Crippen LogP contribution in [0.25, 0.3) is 22.3 Å². The average molecular weight is 370 g/mol. The van der Waals surface area contributed by atoms with Crippen molar-refractivity contribution in [3.8, 4) is 0 Å². The first kappa shape index (κ1) is 17.7. The Hall–Kier alpha value is -3.75. The topological polar surface area (TPSA) is 94.2 Å². The molecule has 1 N–H and O–H groups in total. The zero-order valence-electron chi connectivity index (χ0n) is 15.1. The van der Waals surface area contributed by atoms with E-state index in [9.17, 15) is 9.59 Å². The van der Waals surface area contributed by atoms with Gasteiger partial charge in [0.15, 0.2) is 5.65 Å². The van der Waals surface area contributed by atoms with E-state index >= 15 is 0 Å². The van der Waals surface area contributed by atoms with Gasteiger partial charge in [-0.15, -0.1) is 0 Å². The Kier molecular flexibility index (Phi) is 4.27. The average Bonchev–Trinajstić information content (AvgIpc) is 3.13. The fourth-order valence-electron chi connectivity index (χ4n) is 2.87. The molecule has 0 saturated carbocycles. The molecule has 136 valence electrons. The van der Waals surface area contributed by atoms with E-state index in [1.54, 1.807) is 41.0 Å². The van der Waals surface area contributed by atoms with E-state index in [1.807, 2.05) is 6.92 Å². The van der Waals surface area contributed by atoms with Crippen molar-refractivity contribution in [3.63, 3.8) is 0 Å². The zero-order chi connectivity index (χ0) is 19.8. The molecule has 1 amide bonds. The van der Waals surface area contributed by atoms with Gasteiger partial charge in [0, 0.05) is 18.5 Å². The molecule has 2 radical (unpaired) electrons. The quantitative estimate of drug-likeness (QED) is 0.539. The van der Waals surface area contributed by atoms with Gasteiger partial charge in [-0.2, -0.15) is 9.61 Å². The van der Waals surface area contributed by atoms with E-state index < -0.39 is 5.91 Å². The largest absolute Gasteiger partial charge is 0.309 e. The van der Waals surface area contributed by atoms with E-state index in [2.05, 4.69) is 27.0 Å². The number of nitrogens with zero attached hydrogens (tertiary/aromatic N) is 5. The number of fused-ring (bicyclic) bond motifs is 3. The second-order valence-electron chi connectivity index (χ2n) is 6.37. The minimum atomic E-state index is -0.400. The van der Waals surface area contributed by atoms with Gasteiger partial charge in [0.2, 0.25) is 5.91 Å². The van der Waals surface area contributed by atoms with Crippen LogP contribution in [0.2, 0.25) is 0 Å². The van der Waals surface area contributed by atoms with Crippen LogP contribution in [0, 0.1) is 0 Å². The van der Waals surface area contributed by atoms with Crippen LogP contribution in [0.5, 0.6) is 0 Å². The van der Waals surface area contributed by atoms with Crippen molar-refractivity contribution in [1.82, 2.24) is 24.1 Å². The summed E-state index contributed by atoms with van der Waals surface area (Å²) in [7, 11) is 5.60. The number of aromatic nitrogens is 5. The SMILES string of the molecule is [B]c1ccc(NC(=O)Cn2c(=O)c3cccnc3n3nc(C(=C)C)cc23)nc1. The van der Waals surface area contributed by atoms with Crippen LogP contribution in [-0.2, 0) is 11.3 Å². The molecular formula is C19H15BN6O2. The molecule has 0 atom stereocenters. The second kappa shape index (κ2) is 6.77. The van der Waals surface area contributed by atoms with Crippen LogP contribution in [0.4, 0.5) is 5.82 Å². The molecule has 28 heavy (non-hydrogen) atoms. The maximum Gasteiger partial charge on any atom is 0.263 e. The molecule has 0 aliphatic carbocycles. The Morgan fingerprint density at radius 3 is 2.82 bits per heavy atom. The minimum absolute atomic E-state index is 0.208. The molecule has 8 nitrogen and oxygen atoms in total. The van der Waals surface area contributed by atoms with Gasteiger partial charge < -0.3 is 5.32 Å². The molecule has 9 heteroatoms. The molecule has 4 aromatic rings. The van der Waals surface area contributed by atoms with E-state index in [1.165, 1.54) is 10.8 Å². The highest BCUT2D eigenvalue weighted by Crippen LogP contribution is 2.16. The summed E-state index contributed by atoms with van der Waals surface area (Å²) in [5.74, 6) is -0.0514. The molecule has 0 spiro atoms. The number of carbonyl (C=O) groups is 1. The maximum atomic E-state index is 13.0. The van der Waals surface area contributed by atoms with Crippen LogP contribution in [0.15, 0.2) is 54.1 Å². The normalized spacial score (nSPS) is 11.0. The van der Waals surface area contributed by atoms with Crippen molar-refractivity contribution < 1.29 is 4.79 Å². The van der Waals surface area contributed by atoms with Crippen molar-refractivity contribution in [1.29, 1.82) is 0 Å². The number of pyridine rings is 2. The first-order chi connectivity index (χ1) is 13.4. The van der Waals surface area contributed by atoms with Gasteiger partial charge in [-0.05, 0) is 30.7 Å². The Balaban J connectivity index is 1.81. The fraction of sp³-hybridized carbons (Fsp3) is 0.105. The van der Waals surface area contributed by atoms with Crippen molar-refractivity contribution in [2.45, 2.75) is 13.5 Å². The summed E-state index contributed by atoms with van der Waals surface area (Å²) in [5, 5.41) is 7.50. The van der Waals surface area contributed by atoms with Gasteiger partial charge in [-0.1, -0.05) is 18.1 Å². The number of amides is 1. The second-order valence-corrected chi connectivity index (χ2v) is 6.37. The van der Waals surface area contributed by atoms with Crippen LogP contribution in [-0.4, -0.2) is 37.9 Å². The lowest BCUT2D eigenvalue weighted by molar-refractivity contribution is -0.116. The zero-order valence-corrected chi connectivity index (χ0v) is 15.1. The van der Waals surface area contributed by atoms with Crippen molar-refractivity contribution in [2.75, 3.05) is 5.32 Å². The molecule has 0 unspecified atom stereocenters. The molecule has 4 rings (SSSR count). The lowest BCUT2D eigenvalue weighted by atomic mass is 9.99.